The Morgan fingerprint density at radius 1 is 1.33 bits per heavy atom. The molecule has 2 saturated heterocycles. The Hall–Kier alpha value is -1.67. The third-order valence-electron chi connectivity index (χ3n) is 5.18. The summed E-state index contributed by atoms with van der Waals surface area (Å²) < 4.78 is 1.40. The number of rotatable bonds is 3. The van der Waals surface area contributed by atoms with Crippen LogP contribution in [0.15, 0.2) is 12.4 Å². The number of nitrogens with one attached hydrogen (secondary N) is 1. The van der Waals surface area contributed by atoms with E-state index >= 15 is 0 Å². The van der Waals surface area contributed by atoms with Crippen LogP contribution in [0.1, 0.15) is 26.7 Å². The van der Waals surface area contributed by atoms with Gasteiger partial charge in [-0.25, -0.2) is 0 Å². The normalized spacial score (nSPS) is 24.0. The Morgan fingerprint density at radius 3 is 2.42 bits per heavy atom. The quantitative estimate of drug-likeness (QED) is 0.652. The number of likely N-dealkylation sites (tertiary alicyclic amines) is 1. The highest BCUT2D eigenvalue weighted by Gasteiger charge is 2.38. The number of hydrogen-bond acceptors (Lipinski definition) is 5. The van der Waals surface area contributed by atoms with Crippen molar-refractivity contribution in [1.82, 2.24) is 20.0 Å². The number of halogens is 1. The van der Waals surface area contributed by atoms with E-state index in [1.165, 1.54) is 17.1 Å². The predicted molar refractivity (Wildman–Crippen MR) is 91.1 cm³/mol. The Balaban J connectivity index is 0.00000208. The number of carbonyl (C=O) groups is 1. The van der Waals surface area contributed by atoms with E-state index in [0.29, 0.717) is 11.8 Å². The maximum absolute atomic E-state index is 13.0. The molecular weight excluding hydrogens is 334 g/mol. The summed E-state index contributed by atoms with van der Waals surface area (Å²) in [6.07, 6.45) is 4.54. The summed E-state index contributed by atoms with van der Waals surface area (Å²) in [4.78, 5) is 25.2. The smallest absolute Gasteiger partial charge is 0.307 e. The molecule has 134 valence electrons. The van der Waals surface area contributed by atoms with Crippen molar-refractivity contribution in [3.8, 4) is 0 Å². The average Bonchev–Trinajstić information content (AvgIpc) is 3.13. The van der Waals surface area contributed by atoms with E-state index in [2.05, 4.69) is 10.4 Å². The van der Waals surface area contributed by atoms with E-state index in [9.17, 15) is 14.9 Å². The number of nitro groups is 1. The maximum atomic E-state index is 13.0. The summed E-state index contributed by atoms with van der Waals surface area (Å²) in [6, 6.07) is 0. The zero-order valence-corrected chi connectivity index (χ0v) is 14.8. The molecule has 0 unspecified atom stereocenters. The van der Waals surface area contributed by atoms with Gasteiger partial charge < -0.3 is 10.2 Å². The maximum Gasteiger partial charge on any atom is 0.307 e. The second-order valence-corrected chi connectivity index (χ2v) is 7.01. The van der Waals surface area contributed by atoms with Crippen LogP contribution in [0, 0.1) is 22.0 Å². The Bertz CT molecular complexity index is 604. The topological polar surface area (TPSA) is 93.3 Å². The van der Waals surface area contributed by atoms with Gasteiger partial charge in [-0.05, 0) is 51.6 Å². The van der Waals surface area contributed by atoms with Crippen molar-refractivity contribution in [3.05, 3.63) is 22.5 Å². The van der Waals surface area contributed by atoms with Gasteiger partial charge in [0.2, 0.25) is 5.91 Å². The van der Waals surface area contributed by atoms with Gasteiger partial charge >= 0.3 is 5.69 Å². The molecule has 0 aromatic carbocycles. The molecule has 3 heterocycles. The van der Waals surface area contributed by atoms with Crippen LogP contribution in [-0.2, 0) is 10.3 Å². The SMILES string of the molecule is CC(C)(C(=O)N1CC[C@@H]2CNC[C@@H]2CC1)n1cc([N+](=O)[O-])cn1.Cl. The molecule has 2 aliphatic rings. The molecule has 0 spiro atoms. The molecule has 0 bridgehead atoms. The van der Waals surface area contributed by atoms with Gasteiger partial charge in [0.15, 0.2) is 0 Å². The summed E-state index contributed by atoms with van der Waals surface area (Å²) in [5.41, 5.74) is -1.02. The minimum atomic E-state index is -0.925. The molecule has 24 heavy (non-hydrogen) atoms. The van der Waals surface area contributed by atoms with Crippen molar-refractivity contribution >= 4 is 24.0 Å². The summed E-state index contributed by atoms with van der Waals surface area (Å²) in [5.74, 6) is 1.28. The zero-order chi connectivity index (χ0) is 16.6. The van der Waals surface area contributed by atoms with E-state index in [0.717, 1.165) is 39.0 Å². The van der Waals surface area contributed by atoms with Gasteiger partial charge in [-0.15, -0.1) is 12.4 Å². The Morgan fingerprint density at radius 2 is 1.92 bits per heavy atom. The first-order chi connectivity index (χ1) is 10.9. The van der Waals surface area contributed by atoms with Gasteiger partial charge in [0.1, 0.15) is 17.9 Å². The molecule has 9 heteroatoms. The summed E-state index contributed by atoms with van der Waals surface area (Å²) >= 11 is 0. The lowest BCUT2D eigenvalue weighted by Gasteiger charge is -2.31. The number of aromatic nitrogens is 2. The molecule has 8 nitrogen and oxygen atoms in total. The fourth-order valence-corrected chi connectivity index (χ4v) is 3.62. The number of carbonyl (C=O) groups excluding carboxylic acids is 1. The van der Waals surface area contributed by atoms with Gasteiger partial charge in [0.25, 0.3) is 0 Å². The van der Waals surface area contributed by atoms with E-state index in [1.807, 2.05) is 4.90 Å². The first-order valence-corrected chi connectivity index (χ1v) is 8.09. The van der Waals surface area contributed by atoms with Crippen LogP contribution in [0.3, 0.4) is 0 Å². The molecule has 0 radical (unpaired) electrons. The summed E-state index contributed by atoms with van der Waals surface area (Å²) in [7, 11) is 0. The fraction of sp³-hybridized carbons (Fsp3) is 0.733. The highest BCUT2D eigenvalue weighted by molar-refractivity contribution is 5.85. The summed E-state index contributed by atoms with van der Waals surface area (Å²) in [5, 5.41) is 18.3. The van der Waals surface area contributed by atoms with Crippen molar-refractivity contribution in [3.63, 3.8) is 0 Å². The molecule has 0 saturated carbocycles. The number of fused-ring (bicyclic) bond motifs is 1. The largest absolute Gasteiger partial charge is 0.341 e. The van der Waals surface area contributed by atoms with Crippen LogP contribution < -0.4 is 5.32 Å². The monoisotopic (exact) mass is 357 g/mol. The van der Waals surface area contributed by atoms with Gasteiger partial charge in [0, 0.05) is 13.1 Å². The molecular formula is C15H24ClN5O3. The first-order valence-electron chi connectivity index (χ1n) is 8.09. The second-order valence-electron chi connectivity index (χ2n) is 7.01. The van der Waals surface area contributed by atoms with Gasteiger partial charge in [-0.2, -0.15) is 5.10 Å². The molecule has 2 atom stereocenters. The van der Waals surface area contributed by atoms with Crippen LogP contribution in [0.25, 0.3) is 0 Å². The minimum absolute atomic E-state index is 0. The molecule has 1 aromatic heterocycles. The molecule has 1 aromatic rings. The zero-order valence-electron chi connectivity index (χ0n) is 14.0. The van der Waals surface area contributed by atoms with Crippen LogP contribution in [0.5, 0.6) is 0 Å². The molecule has 2 fully saturated rings. The Kier molecular flexibility index (Phi) is 5.49. The lowest BCUT2D eigenvalue weighted by molar-refractivity contribution is -0.385. The molecule has 3 rings (SSSR count). The fourth-order valence-electron chi connectivity index (χ4n) is 3.62. The highest BCUT2D eigenvalue weighted by Crippen LogP contribution is 2.29. The molecule has 2 aliphatic heterocycles. The van der Waals surface area contributed by atoms with Gasteiger partial charge in [0.05, 0.1) is 4.92 Å². The first kappa shape index (κ1) is 18.7. The predicted octanol–water partition coefficient (Wildman–Crippen LogP) is 1.41. The third kappa shape index (κ3) is 3.39. The van der Waals surface area contributed by atoms with Crippen LogP contribution >= 0.6 is 12.4 Å². The van der Waals surface area contributed by atoms with Crippen molar-refractivity contribution in [2.45, 2.75) is 32.2 Å². The second kappa shape index (κ2) is 7.06. The number of amides is 1. The minimum Gasteiger partial charge on any atom is -0.341 e. The lowest BCUT2D eigenvalue weighted by atomic mass is 9.92. The lowest BCUT2D eigenvalue weighted by Crippen LogP contribution is -2.47. The van der Waals surface area contributed by atoms with Crippen molar-refractivity contribution in [1.29, 1.82) is 0 Å². The molecule has 1 N–H and O–H groups in total. The molecule has 1 amide bonds. The highest BCUT2D eigenvalue weighted by atomic mass is 35.5. The van der Waals surface area contributed by atoms with Gasteiger partial charge in [-0.1, -0.05) is 0 Å². The summed E-state index contributed by atoms with van der Waals surface area (Å²) in [6.45, 7) is 7.10. The average molecular weight is 358 g/mol. The third-order valence-corrected chi connectivity index (χ3v) is 5.18. The van der Waals surface area contributed by atoms with Crippen LogP contribution in [0.2, 0.25) is 0 Å². The van der Waals surface area contributed by atoms with E-state index in [-0.39, 0.29) is 24.0 Å². The van der Waals surface area contributed by atoms with Crippen molar-refractivity contribution < 1.29 is 9.72 Å². The standard InChI is InChI=1S/C15H23N5O3.ClH/c1-15(2,19-10-13(9-17-19)20(22)23)14(21)18-5-3-11-7-16-8-12(11)4-6-18;/h9-12,16H,3-8H2,1-2H3;1H/t11-,12+;. The number of nitrogens with zero attached hydrogens (tertiary/aromatic N) is 4. The van der Waals surface area contributed by atoms with E-state index < -0.39 is 10.5 Å². The molecule has 0 aliphatic carbocycles. The van der Waals surface area contributed by atoms with Crippen LogP contribution in [-0.4, -0.2) is 51.7 Å². The van der Waals surface area contributed by atoms with Crippen LogP contribution in [0.4, 0.5) is 5.69 Å². The Labute approximate surface area is 147 Å². The van der Waals surface area contributed by atoms with E-state index in [1.54, 1.807) is 13.8 Å². The van der Waals surface area contributed by atoms with E-state index in [4.69, 9.17) is 0 Å². The number of hydrogen-bond donors (Lipinski definition) is 1. The van der Waals surface area contributed by atoms with Crippen molar-refractivity contribution in [2.75, 3.05) is 26.2 Å². The van der Waals surface area contributed by atoms with Gasteiger partial charge in [-0.3, -0.25) is 19.6 Å². The van der Waals surface area contributed by atoms with Crippen molar-refractivity contribution in [2.24, 2.45) is 11.8 Å².